The van der Waals surface area contributed by atoms with Crippen LogP contribution in [0.3, 0.4) is 0 Å². The molecule has 0 spiro atoms. The van der Waals surface area contributed by atoms with Gasteiger partial charge in [0.2, 0.25) is 0 Å². The summed E-state index contributed by atoms with van der Waals surface area (Å²) in [4.78, 5) is 10.8. The summed E-state index contributed by atoms with van der Waals surface area (Å²) in [7, 11) is 1.62. The molecule has 2 aromatic carbocycles. The van der Waals surface area contributed by atoms with Gasteiger partial charge in [-0.15, -0.1) is 0 Å². The van der Waals surface area contributed by atoms with Crippen LogP contribution in [0.5, 0.6) is 11.5 Å². The van der Waals surface area contributed by atoms with Gasteiger partial charge in [-0.3, -0.25) is 4.79 Å². The summed E-state index contributed by atoms with van der Waals surface area (Å²) in [5.74, 6) is -0.326. The monoisotopic (exact) mass is 339 g/mol. The fourth-order valence-electron chi connectivity index (χ4n) is 2.20. The lowest BCUT2D eigenvalue weighted by Gasteiger charge is -2.14. The van der Waals surface area contributed by atoms with Crippen LogP contribution in [0.4, 0.5) is 13.2 Å². The van der Waals surface area contributed by atoms with Gasteiger partial charge in [0, 0.05) is 12.1 Å². The zero-order valence-electron chi connectivity index (χ0n) is 12.9. The van der Waals surface area contributed by atoms with E-state index in [1.807, 2.05) is 0 Å². The van der Waals surface area contributed by atoms with Gasteiger partial charge in [0.15, 0.2) is 0 Å². The number of carboxylic acids is 1. The van der Waals surface area contributed by atoms with Crippen molar-refractivity contribution in [2.75, 3.05) is 7.05 Å². The summed E-state index contributed by atoms with van der Waals surface area (Å²) in [6, 6.07) is 9.70. The number of carboxylic acid groups (broad SMARTS) is 1. The van der Waals surface area contributed by atoms with Crippen molar-refractivity contribution in [2.24, 2.45) is 0 Å². The summed E-state index contributed by atoms with van der Waals surface area (Å²) < 4.78 is 44.1. The van der Waals surface area contributed by atoms with Crippen molar-refractivity contribution < 1.29 is 27.8 Å². The highest BCUT2D eigenvalue weighted by Crippen LogP contribution is 2.34. The molecule has 2 N–H and O–H groups in total. The maximum atomic E-state index is 12.8. The van der Waals surface area contributed by atoms with Gasteiger partial charge in [-0.25, -0.2) is 0 Å². The summed E-state index contributed by atoms with van der Waals surface area (Å²) in [6.45, 7) is 0.202. The van der Waals surface area contributed by atoms with Crippen LogP contribution in [-0.2, 0) is 23.9 Å². The molecule has 0 aliphatic rings. The van der Waals surface area contributed by atoms with Gasteiger partial charge in [0.1, 0.15) is 11.5 Å². The highest BCUT2D eigenvalue weighted by molar-refractivity contribution is 5.70. The molecular formula is C17H16F3NO3. The molecule has 0 aromatic heterocycles. The Balaban J connectivity index is 2.30. The van der Waals surface area contributed by atoms with Gasteiger partial charge in [-0.2, -0.15) is 13.2 Å². The first-order chi connectivity index (χ1) is 11.3. The number of carbonyl (C=O) groups is 1. The Hall–Kier alpha value is -2.54. The first-order valence-corrected chi connectivity index (χ1v) is 7.13. The largest absolute Gasteiger partial charge is 0.481 e. The third-order valence-corrected chi connectivity index (χ3v) is 3.24. The van der Waals surface area contributed by atoms with Crippen LogP contribution >= 0.6 is 0 Å². The maximum Gasteiger partial charge on any atom is 0.416 e. The standard InChI is InChI=1S/C17H16F3NO3/c1-21-10-12-9-13(17(18,19)20)5-6-15(12)24-14-4-2-3-11(7-14)8-16(22)23/h2-7,9,21H,8,10H2,1H3,(H,22,23). The molecule has 0 aliphatic heterocycles. The number of ether oxygens (including phenoxy) is 1. The quantitative estimate of drug-likeness (QED) is 0.839. The van der Waals surface area contributed by atoms with E-state index in [1.165, 1.54) is 6.07 Å². The lowest BCUT2D eigenvalue weighted by Crippen LogP contribution is -2.10. The molecule has 0 amide bonds. The molecule has 0 bridgehead atoms. The van der Waals surface area contributed by atoms with E-state index in [0.29, 0.717) is 16.9 Å². The van der Waals surface area contributed by atoms with E-state index in [2.05, 4.69) is 5.32 Å². The molecule has 0 aliphatic carbocycles. The first kappa shape index (κ1) is 17.8. The second kappa shape index (κ2) is 7.35. The lowest BCUT2D eigenvalue weighted by molar-refractivity contribution is -0.138. The molecule has 4 nitrogen and oxygen atoms in total. The molecule has 128 valence electrons. The van der Waals surface area contributed by atoms with Crippen molar-refractivity contribution in [3.63, 3.8) is 0 Å². The zero-order valence-corrected chi connectivity index (χ0v) is 12.9. The molecule has 0 atom stereocenters. The van der Waals surface area contributed by atoms with Crippen molar-refractivity contribution in [2.45, 2.75) is 19.1 Å². The second-order valence-corrected chi connectivity index (χ2v) is 5.17. The van der Waals surface area contributed by atoms with E-state index in [9.17, 15) is 18.0 Å². The van der Waals surface area contributed by atoms with E-state index in [1.54, 1.807) is 31.3 Å². The predicted molar refractivity (Wildman–Crippen MR) is 82.1 cm³/mol. The minimum absolute atomic E-state index is 0.159. The highest BCUT2D eigenvalue weighted by Gasteiger charge is 2.31. The fraction of sp³-hybridized carbons (Fsp3) is 0.235. The van der Waals surface area contributed by atoms with E-state index in [-0.39, 0.29) is 18.7 Å². The topological polar surface area (TPSA) is 58.6 Å². The van der Waals surface area contributed by atoms with Crippen LogP contribution in [-0.4, -0.2) is 18.1 Å². The van der Waals surface area contributed by atoms with Crippen LogP contribution in [0.15, 0.2) is 42.5 Å². The smallest absolute Gasteiger partial charge is 0.416 e. The van der Waals surface area contributed by atoms with Gasteiger partial charge in [0.05, 0.1) is 12.0 Å². The van der Waals surface area contributed by atoms with Crippen molar-refractivity contribution >= 4 is 5.97 Å². The van der Waals surface area contributed by atoms with Gasteiger partial charge in [-0.1, -0.05) is 12.1 Å². The van der Waals surface area contributed by atoms with Gasteiger partial charge in [-0.05, 0) is 42.9 Å². The van der Waals surface area contributed by atoms with E-state index >= 15 is 0 Å². The fourth-order valence-corrected chi connectivity index (χ4v) is 2.20. The number of hydrogen-bond donors (Lipinski definition) is 2. The summed E-state index contributed by atoms with van der Waals surface area (Å²) >= 11 is 0. The average molecular weight is 339 g/mol. The first-order valence-electron chi connectivity index (χ1n) is 7.13. The van der Waals surface area contributed by atoms with Crippen LogP contribution in [0, 0.1) is 0 Å². The average Bonchev–Trinajstić information content (AvgIpc) is 2.48. The van der Waals surface area contributed by atoms with Crippen LogP contribution in [0.2, 0.25) is 0 Å². The second-order valence-electron chi connectivity index (χ2n) is 5.17. The number of aliphatic carboxylic acids is 1. The van der Waals surface area contributed by atoms with Crippen molar-refractivity contribution in [1.29, 1.82) is 0 Å². The minimum Gasteiger partial charge on any atom is -0.481 e. The van der Waals surface area contributed by atoms with E-state index in [4.69, 9.17) is 9.84 Å². The van der Waals surface area contributed by atoms with E-state index in [0.717, 1.165) is 12.1 Å². The summed E-state index contributed by atoms with van der Waals surface area (Å²) in [5, 5.41) is 11.6. The predicted octanol–water partition coefficient (Wildman–Crippen LogP) is 3.84. The SMILES string of the molecule is CNCc1cc(C(F)(F)F)ccc1Oc1cccc(CC(=O)O)c1. The highest BCUT2D eigenvalue weighted by atomic mass is 19.4. The molecular weight excluding hydrogens is 323 g/mol. The van der Waals surface area contributed by atoms with E-state index < -0.39 is 17.7 Å². The maximum absolute atomic E-state index is 12.8. The molecule has 2 rings (SSSR count). The molecule has 0 radical (unpaired) electrons. The van der Waals surface area contributed by atoms with Crippen LogP contribution in [0.1, 0.15) is 16.7 Å². The number of rotatable bonds is 6. The Morgan fingerprint density at radius 1 is 1.21 bits per heavy atom. The molecule has 0 heterocycles. The molecule has 0 saturated heterocycles. The van der Waals surface area contributed by atoms with Crippen LogP contribution in [0.25, 0.3) is 0 Å². The zero-order chi connectivity index (χ0) is 17.7. The molecule has 7 heteroatoms. The minimum atomic E-state index is -4.43. The van der Waals surface area contributed by atoms with Crippen molar-refractivity contribution in [1.82, 2.24) is 5.32 Å². The number of nitrogens with one attached hydrogen (secondary N) is 1. The Morgan fingerprint density at radius 3 is 2.58 bits per heavy atom. The van der Waals surface area contributed by atoms with Gasteiger partial charge >= 0.3 is 12.1 Å². The van der Waals surface area contributed by atoms with Gasteiger partial charge < -0.3 is 15.2 Å². The number of hydrogen-bond acceptors (Lipinski definition) is 3. The number of alkyl halides is 3. The van der Waals surface area contributed by atoms with Crippen LogP contribution < -0.4 is 10.1 Å². The Morgan fingerprint density at radius 2 is 1.96 bits per heavy atom. The molecule has 0 unspecified atom stereocenters. The molecule has 0 saturated carbocycles. The normalized spacial score (nSPS) is 11.3. The Labute approximate surface area is 136 Å². The Kier molecular flexibility index (Phi) is 5.46. The number of halogens is 3. The van der Waals surface area contributed by atoms with Gasteiger partial charge in [0.25, 0.3) is 0 Å². The van der Waals surface area contributed by atoms with Crippen molar-refractivity contribution in [3.8, 4) is 11.5 Å². The molecule has 2 aromatic rings. The summed E-state index contributed by atoms with van der Waals surface area (Å²) in [5.41, 5.74) is 0.151. The Bertz CT molecular complexity index is 729. The lowest BCUT2D eigenvalue weighted by atomic mass is 10.1. The summed E-state index contributed by atoms with van der Waals surface area (Å²) in [6.07, 6.45) is -4.59. The number of benzene rings is 2. The third kappa shape index (κ3) is 4.73. The molecule has 24 heavy (non-hydrogen) atoms. The van der Waals surface area contributed by atoms with Crippen molar-refractivity contribution in [3.05, 3.63) is 59.2 Å². The molecule has 0 fully saturated rings. The third-order valence-electron chi connectivity index (χ3n) is 3.24.